The zero-order valence-electron chi connectivity index (χ0n) is 15.6. The van der Waals surface area contributed by atoms with Crippen LogP contribution < -0.4 is 16.8 Å². The number of hydrogen-bond acceptors (Lipinski definition) is 5. The second-order valence-corrected chi connectivity index (χ2v) is 7.45. The minimum Gasteiger partial charge on any atom is -0.479 e. The van der Waals surface area contributed by atoms with E-state index in [2.05, 4.69) is 10.3 Å². The average Bonchev–Trinajstić information content (AvgIpc) is 2.75. The van der Waals surface area contributed by atoms with Gasteiger partial charge in [-0.25, -0.2) is 9.79 Å². The molecule has 0 aromatic rings. The lowest BCUT2D eigenvalue weighted by Gasteiger charge is -2.31. The molecule has 1 heterocycles. The molecule has 1 aliphatic carbocycles. The van der Waals surface area contributed by atoms with E-state index in [9.17, 15) is 24.6 Å². The molecule has 0 aromatic carbocycles. The Morgan fingerprint density at radius 2 is 1.74 bits per heavy atom. The Hall–Kier alpha value is -2.36. The average molecular weight is 383 g/mol. The Kier molecular flexibility index (Phi) is 6.63. The first kappa shape index (κ1) is 20.9. The SMILES string of the molecule is CC(=O)NC(C(=O)N1CCCCCC1)[C@H]1C[C@@](O)(C(=O)O)C[C@@H]1N=C(N)N. The molecule has 1 saturated heterocycles. The van der Waals surface area contributed by atoms with E-state index >= 15 is 0 Å². The van der Waals surface area contributed by atoms with Crippen LogP contribution in [0, 0.1) is 5.92 Å². The number of nitrogens with zero attached hydrogens (tertiary/aromatic N) is 2. The quantitative estimate of drug-likeness (QED) is 0.292. The number of guanidine groups is 1. The second kappa shape index (κ2) is 8.55. The molecule has 2 amide bonds. The number of likely N-dealkylation sites (tertiary alicyclic amines) is 1. The number of rotatable bonds is 5. The third-order valence-electron chi connectivity index (χ3n) is 5.30. The Balaban J connectivity index is 2.33. The first-order valence-corrected chi connectivity index (χ1v) is 9.24. The lowest BCUT2D eigenvalue weighted by molar-refractivity contribution is -0.158. The lowest BCUT2D eigenvalue weighted by atomic mass is 9.91. The third kappa shape index (κ3) is 5.09. The van der Waals surface area contributed by atoms with Gasteiger partial charge in [-0.2, -0.15) is 0 Å². The van der Waals surface area contributed by atoms with Crippen molar-refractivity contribution >= 4 is 23.7 Å². The maximum absolute atomic E-state index is 13.2. The maximum atomic E-state index is 13.2. The molecular formula is C17H29N5O5. The lowest BCUT2D eigenvalue weighted by Crippen LogP contribution is -2.54. The molecule has 10 heteroatoms. The van der Waals surface area contributed by atoms with Crippen LogP contribution in [0.2, 0.25) is 0 Å². The highest BCUT2D eigenvalue weighted by atomic mass is 16.4. The van der Waals surface area contributed by atoms with Crippen LogP contribution in [0.1, 0.15) is 45.4 Å². The number of carboxylic acid groups (broad SMARTS) is 1. The van der Waals surface area contributed by atoms with E-state index in [1.165, 1.54) is 6.92 Å². The monoisotopic (exact) mass is 383 g/mol. The van der Waals surface area contributed by atoms with E-state index < -0.39 is 35.5 Å². The van der Waals surface area contributed by atoms with Crippen molar-refractivity contribution < 1.29 is 24.6 Å². The van der Waals surface area contributed by atoms with Crippen LogP contribution in [0.3, 0.4) is 0 Å². The van der Waals surface area contributed by atoms with Gasteiger partial charge < -0.3 is 31.9 Å². The van der Waals surface area contributed by atoms with E-state index in [1.54, 1.807) is 4.90 Å². The number of aliphatic imine (C=N–C) groups is 1. The number of nitrogens with two attached hydrogens (primary N) is 2. The maximum Gasteiger partial charge on any atom is 0.335 e. The normalized spacial score (nSPS) is 29.5. The fraction of sp³-hybridized carbons (Fsp3) is 0.765. The van der Waals surface area contributed by atoms with Crippen molar-refractivity contribution in [2.75, 3.05) is 13.1 Å². The number of amides is 2. The van der Waals surface area contributed by atoms with Crippen LogP contribution in [0.15, 0.2) is 4.99 Å². The number of carbonyl (C=O) groups is 3. The number of hydrogen-bond donors (Lipinski definition) is 5. The van der Waals surface area contributed by atoms with E-state index in [0.717, 1.165) is 25.7 Å². The highest BCUT2D eigenvalue weighted by Crippen LogP contribution is 2.39. The van der Waals surface area contributed by atoms with Gasteiger partial charge in [0.05, 0.1) is 6.04 Å². The van der Waals surface area contributed by atoms with Gasteiger partial charge in [-0.3, -0.25) is 9.59 Å². The zero-order chi connectivity index (χ0) is 20.2. The van der Waals surface area contributed by atoms with E-state index in [4.69, 9.17) is 11.5 Å². The summed E-state index contributed by atoms with van der Waals surface area (Å²) < 4.78 is 0. The Labute approximate surface area is 158 Å². The Morgan fingerprint density at radius 1 is 1.15 bits per heavy atom. The molecule has 0 aromatic heterocycles. The molecule has 2 aliphatic rings. The topological polar surface area (TPSA) is 171 Å². The summed E-state index contributed by atoms with van der Waals surface area (Å²) in [7, 11) is 0. The van der Waals surface area contributed by atoms with Crippen LogP contribution in [0.25, 0.3) is 0 Å². The first-order chi connectivity index (χ1) is 12.6. The van der Waals surface area contributed by atoms with Gasteiger partial charge in [0.1, 0.15) is 6.04 Å². The molecule has 2 rings (SSSR count). The van der Waals surface area contributed by atoms with Gasteiger partial charge in [-0.1, -0.05) is 12.8 Å². The van der Waals surface area contributed by atoms with Crippen LogP contribution in [-0.4, -0.2) is 69.6 Å². The molecular weight excluding hydrogens is 354 g/mol. The molecule has 27 heavy (non-hydrogen) atoms. The van der Waals surface area contributed by atoms with Gasteiger partial charge in [0.15, 0.2) is 11.6 Å². The fourth-order valence-electron chi connectivity index (χ4n) is 4.01. The van der Waals surface area contributed by atoms with E-state index in [1.807, 2.05) is 0 Å². The van der Waals surface area contributed by atoms with Gasteiger partial charge in [0.2, 0.25) is 11.8 Å². The summed E-state index contributed by atoms with van der Waals surface area (Å²) in [5.74, 6) is -3.10. The van der Waals surface area contributed by atoms with Gasteiger partial charge in [-0.15, -0.1) is 0 Å². The molecule has 1 saturated carbocycles. The summed E-state index contributed by atoms with van der Waals surface area (Å²) in [5.41, 5.74) is 8.86. The summed E-state index contributed by atoms with van der Waals surface area (Å²) >= 11 is 0. The van der Waals surface area contributed by atoms with Crippen LogP contribution in [-0.2, 0) is 14.4 Å². The predicted molar refractivity (Wildman–Crippen MR) is 97.6 cm³/mol. The van der Waals surface area contributed by atoms with Crippen molar-refractivity contribution in [2.24, 2.45) is 22.4 Å². The third-order valence-corrected chi connectivity index (χ3v) is 5.30. The molecule has 1 unspecified atom stereocenters. The van der Waals surface area contributed by atoms with Gasteiger partial charge in [0.25, 0.3) is 0 Å². The van der Waals surface area contributed by atoms with Crippen LogP contribution in [0.4, 0.5) is 0 Å². The minimum absolute atomic E-state index is 0.228. The fourth-order valence-corrected chi connectivity index (χ4v) is 4.01. The van der Waals surface area contributed by atoms with Gasteiger partial charge in [0, 0.05) is 32.4 Å². The molecule has 0 bridgehead atoms. The molecule has 7 N–H and O–H groups in total. The Bertz CT molecular complexity index is 613. The van der Waals surface area contributed by atoms with Gasteiger partial charge in [-0.05, 0) is 19.3 Å². The minimum atomic E-state index is -2.05. The summed E-state index contributed by atoms with van der Waals surface area (Å²) in [6, 6.07) is -1.79. The van der Waals surface area contributed by atoms with Crippen molar-refractivity contribution in [1.82, 2.24) is 10.2 Å². The number of nitrogens with one attached hydrogen (secondary N) is 1. The highest BCUT2D eigenvalue weighted by Gasteiger charge is 2.53. The number of carbonyl (C=O) groups excluding carboxylic acids is 2. The van der Waals surface area contributed by atoms with Crippen molar-refractivity contribution in [3.05, 3.63) is 0 Å². The van der Waals surface area contributed by atoms with Crippen LogP contribution >= 0.6 is 0 Å². The van der Waals surface area contributed by atoms with E-state index in [0.29, 0.717) is 13.1 Å². The number of carboxylic acids is 1. The molecule has 0 radical (unpaired) electrons. The smallest absolute Gasteiger partial charge is 0.335 e. The van der Waals surface area contributed by atoms with Crippen molar-refractivity contribution in [3.8, 4) is 0 Å². The highest BCUT2D eigenvalue weighted by molar-refractivity contribution is 5.88. The van der Waals surface area contributed by atoms with E-state index in [-0.39, 0.29) is 24.7 Å². The summed E-state index contributed by atoms with van der Waals surface area (Å²) in [4.78, 5) is 42.1. The molecule has 4 atom stereocenters. The van der Waals surface area contributed by atoms with Crippen molar-refractivity contribution in [3.63, 3.8) is 0 Å². The number of aliphatic hydroxyl groups is 1. The zero-order valence-corrected chi connectivity index (χ0v) is 15.6. The summed E-state index contributed by atoms with van der Waals surface area (Å²) in [6.07, 6.45) is 3.36. The van der Waals surface area contributed by atoms with Crippen molar-refractivity contribution in [1.29, 1.82) is 0 Å². The van der Waals surface area contributed by atoms with Gasteiger partial charge >= 0.3 is 5.97 Å². The largest absolute Gasteiger partial charge is 0.479 e. The summed E-state index contributed by atoms with van der Waals surface area (Å²) in [6.45, 7) is 2.45. The second-order valence-electron chi connectivity index (χ2n) is 7.45. The Morgan fingerprint density at radius 3 is 2.22 bits per heavy atom. The number of aliphatic carboxylic acids is 1. The first-order valence-electron chi connectivity index (χ1n) is 9.24. The van der Waals surface area contributed by atoms with Crippen LogP contribution in [0.5, 0.6) is 0 Å². The molecule has 0 spiro atoms. The summed E-state index contributed by atoms with van der Waals surface area (Å²) in [5, 5.41) is 22.5. The van der Waals surface area contributed by atoms with Crippen molar-refractivity contribution in [2.45, 2.75) is 63.1 Å². The standard InChI is InChI=1S/C17H29N5O5/c1-10(23)20-13(14(24)22-6-4-2-3-5-7-22)11-8-17(27,15(25)26)9-12(11)21-16(18)19/h11-13,27H,2-9H2,1H3,(H,20,23)(H,25,26)(H4,18,19,21)/t11-,12-,13?,17-/m0/s1. The molecule has 152 valence electrons. The predicted octanol–water partition coefficient (Wildman–Crippen LogP) is -1.24. The molecule has 1 aliphatic heterocycles. The molecule has 2 fully saturated rings. The molecule has 10 nitrogen and oxygen atoms in total.